The zero-order valence-corrected chi connectivity index (χ0v) is 12.7. The molecule has 0 heterocycles. The van der Waals surface area contributed by atoms with Gasteiger partial charge in [-0.1, -0.05) is 12.1 Å². The van der Waals surface area contributed by atoms with Crippen molar-refractivity contribution in [3.05, 3.63) is 35.4 Å². The van der Waals surface area contributed by atoms with Crippen LogP contribution in [0.15, 0.2) is 29.3 Å². The number of carbonyl (C=O) groups is 1. The largest absolute Gasteiger partial charge is 0.366 e. The molecule has 5 nitrogen and oxygen atoms in total. The fourth-order valence-corrected chi connectivity index (χ4v) is 1.61. The molecule has 1 rings (SSSR count). The number of nitrogens with zero attached hydrogens (tertiary/aromatic N) is 1. The summed E-state index contributed by atoms with van der Waals surface area (Å²) in [6.45, 7) is 9.64. The summed E-state index contributed by atoms with van der Waals surface area (Å²) in [5, 5.41) is 6.53. The first-order chi connectivity index (χ1) is 9.31. The average molecular weight is 276 g/mol. The maximum atomic E-state index is 11.0. The van der Waals surface area contributed by atoms with E-state index in [2.05, 4.69) is 36.4 Å². The molecule has 4 N–H and O–H groups in total. The van der Waals surface area contributed by atoms with Crippen molar-refractivity contribution in [2.45, 2.75) is 39.8 Å². The SMILES string of the molecule is CCNC(=NCc1ccc(C(N)=O)cc1)NC(C)(C)C. The van der Waals surface area contributed by atoms with Crippen LogP contribution in [-0.4, -0.2) is 24.0 Å². The number of nitrogens with two attached hydrogens (primary N) is 1. The van der Waals surface area contributed by atoms with Crippen LogP contribution in [0.1, 0.15) is 43.6 Å². The van der Waals surface area contributed by atoms with E-state index in [9.17, 15) is 4.79 Å². The highest BCUT2D eigenvalue weighted by atomic mass is 16.1. The third kappa shape index (κ3) is 5.73. The van der Waals surface area contributed by atoms with Crippen LogP contribution in [0.3, 0.4) is 0 Å². The fourth-order valence-electron chi connectivity index (χ4n) is 1.61. The van der Waals surface area contributed by atoms with Crippen molar-refractivity contribution in [1.82, 2.24) is 10.6 Å². The number of carbonyl (C=O) groups excluding carboxylic acids is 1. The molecule has 0 aliphatic heterocycles. The second-order valence-corrected chi connectivity index (χ2v) is 5.63. The Bertz CT molecular complexity index is 472. The van der Waals surface area contributed by atoms with Gasteiger partial charge in [0.15, 0.2) is 5.96 Å². The van der Waals surface area contributed by atoms with Crippen LogP contribution in [0.4, 0.5) is 0 Å². The highest BCUT2D eigenvalue weighted by Gasteiger charge is 2.11. The molecule has 5 heteroatoms. The lowest BCUT2D eigenvalue weighted by molar-refractivity contribution is 0.100. The molecular formula is C15H24N4O. The molecule has 0 saturated heterocycles. The van der Waals surface area contributed by atoms with E-state index in [0.717, 1.165) is 18.1 Å². The summed E-state index contributed by atoms with van der Waals surface area (Å²) >= 11 is 0. The van der Waals surface area contributed by atoms with Crippen LogP contribution in [0, 0.1) is 0 Å². The zero-order valence-electron chi connectivity index (χ0n) is 12.7. The second kappa shape index (κ2) is 6.93. The molecular weight excluding hydrogens is 252 g/mol. The van der Waals surface area contributed by atoms with Crippen molar-refractivity contribution < 1.29 is 4.79 Å². The normalized spacial score (nSPS) is 12.1. The predicted molar refractivity (Wildman–Crippen MR) is 82.7 cm³/mol. The summed E-state index contributed by atoms with van der Waals surface area (Å²) in [7, 11) is 0. The Morgan fingerprint density at radius 3 is 2.30 bits per heavy atom. The average Bonchev–Trinajstić information content (AvgIpc) is 2.35. The Labute approximate surface area is 120 Å². The van der Waals surface area contributed by atoms with Gasteiger partial charge in [0, 0.05) is 17.6 Å². The third-order valence-electron chi connectivity index (χ3n) is 2.50. The van der Waals surface area contributed by atoms with Crippen LogP contribution in [0.25, 0.3) is 0 Å². The van der Waals surface area contributed by atoms with E-state index < -0.39 is 5.91 Å². The van der Waals surface area contributed by atoms with Gasteiger partial charge >= 0.3 is 0 Å². The smallest absolute Gasteiger partial charge is 0.248 e. The second-order valence-electron chi connectivity index (χ2n) is 5.63. The molecule has 0 radical (unpaired) electrons. The Morgan fingerprint density at radius 2 is 1.85 bits per heavy atom. The first-order valence-corrected chi connectivity index (χ1v) is 6.77. The number of rotatable bonds is 4. The maximum absolute atomic E-state index is 11.0. The predicted octanol–water partition coefficient (Wildman–Crippen LogP) is 1.64. The van der Waals surface area contributed by atoms with Crippen LogP contribution in [0.2, 0.25) is 0 Å². The van der Waals surface area contributed by atoms with Gasteiger partial charge in [-0.2, -0.15) is 0 Å². The zero-order chi connectivity index (χ0) is 15.2. The summed E-state index contributed by atoms with van der Waals surface area (Å²) in [5.74, 6) is 0.363. The Morgan fingerprint density at radius 1 is 1.25 bits per heavy atom. The maximum Gasteiger partial charge on any atom is 0.248 e. The summed E-state index contributed by atoms with van der Waals surface area (Å²) in [5.41, 5.74) is 6.70. The topological polar surface area (TPSA) is 79.5 Å². The molecule has 0 bridgehead atoms. The van der Waals surface area contributed by atoms with Gasteiger partial charge in [0.2, 0.25) is 5.91 Å². The summed E-state index contributed by atoms with van der Waals surface area (Å²) in [6, 6.07) is 7.17. The Hall–Kier alpha value is -2.04. The molecule has 1 aromatic rings. The van der Waals surface area contributed by atoms with Gasteiger partial charge in [0.05, 0.1) is 6.54 Å². The van der Waals surface area contributed by atoms with Crippen molar-refractivity contribution in [3.8, 4) is 0 Å². The van der Waals surface area contributed by atoms with Crippen LogP contribution < -0.4 is 16.4 Å². The van der Waals surface area contributed by atoms with Gasteiger partial charge in [-0.3, -0.25) is 4.79 Å². The van der Waals surface area contributed by atoms with E-state index >= 15 is 0 Å². The molecule has 110 valence electrons. The van der Waals surface area contributed by atoms with Crippen molar-refractivity contribution in [1.29, 1.82) is 0 Å². The minimum absolute atomic E-state index is 0.0448. The number of aliphatic imine (C=N–C) groups is 1. The molecule has 0 aliphatic carbocycles. The lowest BCUT2D eigenvalue weighted by Gasteiger charge is -2.23. The lowest BCUT2D eigenvalue weighted by atomic mass is 10.1. The van der Waals surface area contributed by atoms with Gasteiger partial charge < -0.3 is 16.4 Å². The molecule has 20 heavy (non-hydrogen) atoms. The van der Waals surface area contributed by atoms with E-state index in [1.807, 2.05) is 19.1 Å². The van der Waals surface area contributed by atoms with E-state index in [4.69, 9.17) is 5.73 Å². The number of benzene rings is 1. The summed E-state index contributed by atoms with van der Waals surface area (Å²) in [6.07, 6.45) is 0. The van der Waals surface area contributed by atoms with E-state index in [1.54, 1.807) is 12.1 Å². The summed E-state index contributed by atoms with van der Waals surface area (Å²) in [4.78, 5) is 15.5. The highest BCUT2D eigenvalue weighted by molar-refractivity contribution is 5.92. The quantitative estimate of drug-likeness (QED) is 0.578. The molecule has 0 aromatic heterocycles. The van der Waals surface area contributed by atoms with Crippen molar-refractivity contribution in [2.24, 2.45) is 10.7 Å². The molecule has 0 unspecified atom stereocenters. The van der Waals surface area contributed by atoms with Crippen LogP contribution in [-0.2, 0) is 6.54 Å². The first kappa shape index (κ1) is 16.0. The summed E-state index contributed by atoms with van der Waals surface area (Å²) < 4.78 is 0. The van der Waals surface area contributed by atoms with Gasteiger partial charge in [-0.15, -0.1) is 0 Å². The number of amides is 1. The van der Waals surface area contributed by atoms with Crippen LogP contribution >= 0.6 is 0 Å². The van der Waals surface area contributed by atoms with Gasteiger partial charge in [-0.05, 0) is 45.4 Å². The number of primary amides is 1. The van der Waals surface area contributed by atoms with Crippen LogP contribution in [0.5, 0.6) is 0 Å². The molecule has 0 spiro atoms. The number of hydrogen-bond acceptors (Lipinski definition) is 2. The number of nitrogens with one attached hydrogen (secondary N) is 2. The molecule has 0 fully saturated rings. The number of guanidine groups is 1. The Kier molecular flexibility index (Phi) is 5.55. The first-order valence-electron chi connectivity index (χ1n) is 6.77. The van der Waals surface area contributed by atoms with Crippen molar-refractivity contribution in [3.63, 3.8) is 0 Å². The molecule has 1 aromatic carbocycles. The van der Waals surface area contributed by atoms with E-state index in [-0.39, 0.29) is 5.54 Å². The minimum Gasteiger partial charge on any atom is -0.366 e. The minimum atomic E-state index is -0.414. The van der Waals surface area contributed by atoms with Gasteiger partial charge in [0.25, 0.3) is 0 Å². The fraction of sp³-hybridized carbons (Fsp3) is 0.467. The van der Waals surface area contributed by atoms with E-state index in [1.165, 1.54) is 0 Å². The van der Waals surface area contributed by atoms with Gasteiger partial charge in [-0.25, -0.2) is 4.99 Å². The number of hydrogen-bond donors (Lipinski definition) is 3. The highest BCUT2D eigenvalue weighted by Crippen LogP contribution is 2.05. The third-order valence-corrected chi connectivity index (χ3v) is 2.50. The van der Waals surface area contributed by atoms with Crippen molar-refractivity contribution >= 4 is 11.9 Å². The Balaban J connectivity index is 2.73. The molecule has 0 atom stereocenters. The van der Waals surface area contributed by atoms with E-state index in [0.29, 0.717) is 12.1 Å². The van der Waals surface area contributed by atoms with Crippen molar-refractivity contribution in [2.75, 3.05) is 6.54 Å². The molecule has 0 saturated carbocycles. The molecule has 1 amide bonds. The monoisotopic (exact) mass is 276 g/mol. The molecule has 0 aliphatic rings. The lowest BCUT2D eigenvalue weighted by Crippen LogP contribution is -2.47. The standard InChI is InChI=1S/C15H24N4O/c1-5-17-14(19-15(2,3)4)18-10-11-6-8-12(9-7-11)13(16)20/h6-9H,5,10H2,1-4H3,(H2,16,20)(H2,17,18,19). The van der Waals surface area contributed by atoms with Gasteiger partial charge in [0.1, 0.15) is 0 Å².